The molecule has 6 heteroatoms. The van der Waals surface area contributed by atoms with Crippen molar-refractivity contribution in [1.29, 1.82) is 0 Å². The number of aromatic nitrogens is 2. The molecule has 0 spiro atoms. The molecule has 1 aromatic carbocycles. The molecule has 1 heterocycles. The minimum Gasteiger partial charge on any atom is -0.392 e. The van der Waals surface area contributed by atoms with Gasteiger partial charge in [0.05, 0.1) is 17.8 Å². The van der Waals surface area contributed by atoms with Crippen LogP contribution < -0.4 is 0 Å². The van der Waals surface area contributed by atoms with Gasteiger partial charge in [0.15, 0.2) is 5.82 Å². The van der Waals surface area contributed by atoms with Crippen molar-refractivity contribution in [3.8, 4) is 0 Å². The van der Waals surface area contributed by atoms with Gasteiger partial charge in [0.1, 0.15) is 5.82 Å². The Kier molecular flexibility index (Phi) is 5.14. The highest BCUT2D eigenvalue weighted by molar-refractivity contribution is 7.98. The van der Waals surface area contributed by atoms with Gasteiger partial charge in [-0.1, -0.05) is 19.0 Å². The largest absolute Gasteiger partial charge is 0.392 e. The van der Waals surface area contributed by atoms with Crippen molar-refractivity contribution in [2.45, 2.75) is 42.9 Å². The summed E-state index contributed by atoms with van der Waals surface area (Å²) < 4.78 is 17.9. The summed E-state index contributed by atoms with van der Waals surface area (Å²) >= 11 is 1.51. The van der Waals surface area contributed by atoms with Crippen molar-refractivity contribution in [2.75, 3.05) is 0 Å². The Hall–Kier alpha value is -1.40. The van der Waals surface area contributed by atoms with Gasteiger partial charge in [-0.3, -0.25) is 0 Å². The number of rotatable bonds is 6. The van der Waals surface area contributed by atoms with Crippen LogP contribution in [0.15, 0.2) is 33.7 Å². The Labute approximate surface area is 121 Å². The molecule has 0 saturated heterocycles. The van der Waals surface area contributed by atoms with Crippen LogP contribution in [0.3, 0.4) is 0 Å². The number of halogens is 1. The average molecular weight is 296 g/mol. The lowest BCUT2D eigenvalue weighted by Crippen LogP contribution is -2.14. The molecule has 0 bridgehead atoms. The molecule has 0 fully saturated rings. The van der Waals surface area contributed by atoms with Crippen LogP contribution in [0.5, 0.6) is 0 Å². The summed E-state index contributed by atoms with van der Waals surface area (Å²) in [5, 5.41) is 13.6. The smallest absolute Gasteiger partial charge is 0.232 e. The summed E-state index contributed by atoms with van der Waals surface area (Å²) in [4.78, 5) is 5.22. The van der Waals surface area contributed by atoms with E-state index in [4.69, 9.17) is 4.52 Å². The second-order valence-corrected chi connectivity index (χ2v) is 5.60. The van der Waals surface area contributed by atoms with Gasteiger partial charge >= 0.3 is 0 Å². The highest BCUT2D eigenvalue weighted by atomic mass is 32.2. The highest BCUT2D eigenvalue weighted by Crippen LogP contribution is 2.24. The van der Waals surface area contributed by atoms with Gasteiger partial charge < -0.3 is 9.63 Å². The molecular formula is C14H17FN2O2S. The fourth-order valence-electron chi connectivity index (χ4n) is 1.71. The van der Waals surface area contributed by atoms with E-state index in [9.17, 15) is 9.50 Å². The number of aliphatic hydroxyl groups is 1. The van der Waals surface area contributed by atoms with Crippen molar-refractivity contribution in [3.63, 3.8) is 0 Å². The first-order valence-electron chi connectivity index (χ1n) is 6.49. The second kappa shape index (κ2) is 6.85. The minimum atomic E-state index is -0.479. The Morgan fingerprint density at radius 1 is 1.35 bits per heavy atom. The molecule has 1 aromatic heterocycles. The maximum absolute atomic E-state index is 12.8. The molecule has 20 heavy (non-hydrogen) atoms. The highest BCUT2D eigenvalue weighted by Gasteiger charge is 2.20. The zero-order valence-corrected chi connectivity index (χ0v) is 12.2. The summed E-state index contributed by atoms with van der Waals surface area (Å²) in [6.45, 7) is 3.77. The SMILES string of the molecule is CCC(O)C(C)c1nc(CSc2ccc(F)cc2)no1. The fraction of sp³-hybridized carbons (Fsp3) is 0.429. The van der Waals surface area contributed by atoms with Crippen molar-refractivity contribution < 1.29 is 14.0 Å². The Bertz CT molecular complexity index is 544. The molecule has 0 aliphatic carbocycles. The van der Waals surface area contributed by atoms with E-state index < -0.39 is 6.10 Å². The summed E-state index contributed by atoms with van der Waals surface area (Å²) in [7, 11) is 0. The third-order valence-electron chi connectivity index (χ3n) is 3.05. The molecule has 2 unspecified atom stereocenters. The van der Waals surface area contributed by atoms with Gasteiger partial charge in [-0.25, -0.2) is 4.39 Å². The van der Waals surface area contributed by atoms with E-state index >= 15 is 0 Å². The van der Waals surface area contributed by atoms with Crippen LogP contribution in [-0.2, 0) is 5.75 Å². The van der Waals surface area contributed by atoms with E-state index in [0.717, 1.165) is 4.90 Å². The van der Waals surface area contributed by atoms with Crippen molar-refractivity contribution >= 4 is 11.8 Å². The number of nitrogens with zero attached hydrogens (tertiary/aromatic N) is 2. The summed E-state index contributed by atoms with van der Waals surface area (Å²) in [6.07, 6.45) is 0.163. The lowest BCUT2D eigenvalue weighted by Gasteiger charge is -2.11. The molecule has 0 aliphatic rings. The summed E-state index contributed by atoms with van der Waals surface area (Å²) in [6, 6.07) is 6.27. The zero-order chi connectivity index (χ0) is 14.5. The maximum Gasteiger partial charge on any atom is 0.232 e. The summed E-state index contributed by atoms with van der Waals surface area (Å²) in [5.74, 6) is 1.15. The predicted octanol–water partition coefficient (Wildman–Crippen LogP) is 3.38. The first kappa shape index (κ1) is 15.0. The lowest BCUT2D eigenvalue weighted by molar-refractivity contribution is 0.129. The summed E-state index contributed by atoms with van der Waals surface area (Å²) in [5.41, 5.74) is 0. The van der Waals surface area contributed by atoms with E-state index in [1.807, 2.05) is 13.8 Å². The monoisotopic (exact) mass is 296 g/mol. The molecule has 2 rings (SSSR count). The zero-order valence-electron chi connectivity index (χ0n) is 11.4. The van der Waals surface area contributed by atoms with Gasteiger partial charge in [0.2, 0.25) is 5.89 Å². The van der Waals surface area contributed by atoms with Crippen molar-refractivity contribution in [2.24, 2.45) is 0 Å². The van der Waals surface area contributed by atoms with Crippen molar-refractivity contribution in [3.05, 3.63) is 41.8 Å². The quantitative estimate of drug-likeness (QED) is 0.828. The molecular weight excluding hydrogens is 279 g/mol. The topological polar surface area (TPSA) is 59.2 Å². The van der Waals surface area contributed by atoms with E-state index in [-0.39, 0.29) is 11.7 Å². The third-order valence-corrected chi connectivity index (χ3v) is 4.06. The van der Waals surface area contributed by atoms with Crippen LogP contribution in [0.2, 0.25) is 0 Å². The fourth-order valence-corrected chi connectivity index (χ4v) is 2.45. The number of benzene rings is 1. The van der Waals surface area contributed by atoms with Gasteiger partial charge in [-0.15, -0.1) is 11.8 Å². The average Bonchev–Trinajstić information content (AvgIpc) is 2.94. The first-order valence-corrected chi connectivity index (χ1v) is 7.47. The Morgan fingerprint density at radius 2 is 2.05 bits per heavy atom. The number of aliphatic hydroxyl groups excluding tert-OH is 1. The minimum absolute atomic E-state index is 0.169. The van der Waals surface area contributed by atoms with E-state index in [0.29, 0.717) is 23.9 Å². The van der Waals surface area contributed by atoms with Crippen molar-refractivity contribution in [1.82, 2.24) is 10.1 Å². The van der Waals surface area contributed by atoms with Crippen LogP contribution in [-0.4, -0.2) is 21.4 Å². The predicted molar refractivity (Wildman–Crippen MR) is 75.0 cm³/mol. The van der Waals surface area contributed by atoms with Crippen LogP contribution >= 0.6 is 11.8 Å². The Morgan fingerprint density at radius 3 is 2.70 bits per heavy atom. The normalized spacial score (nSPS) is 14.2. The van der Waals surface area contributed by atoms with Gasteiger partial charge in [0.25, 0.3) is 0 Å². The molecule has 108 valence electrons. The molecule has 2 aromatic rings. The maximum atomic E-state index is 12.8. The second-order valence-electron chi connectivity index (χ2n) is 4.56. The molecule has 2 atom stereocenters. The van der Waals surface area contributed by atoms with Gasteiger partial charge in [-0.2, -0.15) is 4.98 Å². The van der Waals surface area contributed by atoms with Crippen LogP contribution in [0, 0.1) is 5.82 Å². The number of hydrogen-bond donors (Lipinski definition) is 1. The first-order chi connectivity index (χ1) is 9.60. The van der Waals surface area contributed by atoms with E-state index in [2.05, 4.69) is 10.1 Å². The molecule has 1 N–H and O–H groups in total. The molecule has 4 nitrogen and oxygen atoms in total. The van der Waals surface area contributed by atoms with Gasteiger partial charge in [0, 0.05) is 4.90 Å². The van der Waals surface area contributed by atoms with Crippen LogP contribution in [0.4, 0.5) is 4.39 Å². The van der Waals surface area contributed by atoms with Crippen LogP contribution in [0.25, 0.3) is 0 Å². The van der Waals surface area contributed by atoms with Gasteiger partial charge in [-0.05, 0) is 30.7 Å². The van der Waals surface area contributed by atoms with Crippen LogP contribution in [0.1, 0.15) is 37.9 Å². The lowest BCUT2D eigenvalue weighted by atomic mass is 10.0. The number of thioether (sulfide) groups is 1. The van der Waals surface area contributed by atoms with E-state index in [1.165, 1.54) is 23.9 Å². The van der Waals surface area contributed by atoms with E-state index in [1.54, 1.807) is 12.1 Å². The number of hydrogen-bond acceptors (Lipinski definition) is 5. The Balaban J connectivity index is 1.94. The molecule has 0 aliphatic heterocycles. The molecule has 0 amide bonds. The standard InChI is InChI=1S/C14H17FN2O2S/c1-3-12(18)9(2)14-16-13(17-19-14)8-20-11-6-4-10(15)5-7-11/h4-7,9,12,18H,3,8H2,1-2H3. The molecule has 0 saturated carbocycles. The molecule has 0 radical (unpaired) electrons. The third kappa shape index (κ3) is 3.80.